The van der Waals surface area contributed by atoms with Gasteiger partial charge in [-0.1, -0.05) is 41.4 Å². The van der Waals surface area contributed by atoms with Crippen LogP contribution < -0.4 is 0 Å². The van der Waals surface area contributed by atoms with Crippen molar-refractivity contribution >= 4 is 45.4 Å². The van der Waals surface area contributed by atoms with Gasteiger partial charge in [0.2, 0.25) is 17.7 Å². The summed E-state index contributed by atoms with van der Waals surface area (Å²) in [5.74, 6) is -1.49. The molecule has 1 spiro atoms. The van der Waals surface area contributed by atoms with Crippen LogP contribution in [0.15, 0.2) is 25.3 Å². The van der Waals surface area contributed by atoms with E-state index in [0.29, 0.717) is 26.1 Å². The van der Waals surface area contributed by atoms with Gasteiger partial charge in [0.25, 0.3) is 0 Å². The van der Waals surface area contributed by atoms with E-state index in [2.05, 4.69) is 36.0 Å². The monoisotopic (exact) mass is 541 g/mol. The predicted octanol–water partition coefficient (Wildman–Crippen LogP) is 2.29. The van der Waals surface area contributed by atoms with E-state index in [4.69, 9.17) is 0 Å². The summed E-state index contributed by atoms with van der Waals surface area (Å²) in [7, 11) is 1.73. The van der Waals surface area contributed by atoms with Crippen molar-refractivity contribution in [1.82, 2.24) is 14.7 Å². The summed E-state index contributed by atoms with van der Waals surface area (Å²) in [5.41, 5.74) is 0. The second-order valence-corrected chi connectivity index (χ2v) is 12.1. The van der Waals surface area contributed by atoms with E-state index < -0.39 is 28.7 Å². The Kier molecular flexibility index (Phi) is 8.38. The first-order valence-electron chi connectivity index (χ1n) is 11.7. The van der Waals surface area contributed by atoms with Gasteiger partial charge < -0.3 is 19.8 Å². The lowest BCUT2D eigenvalue weighted by atomic mass is 9.70. The largest absolute Gasteiger partial charge is 0.394 e. The van der Waals surface area contributed by atoms with Crippen LogP contribution >= 0.6 is 27.7 Å². The second-order valence-electron chi connectivity index (χ2n) is 9.37. The lowest BCUT2D eigenvalue weighted by Gasteiger charge is -2.39. The maximum absolute atomic E-state index is 14.0. The average Bonchev–Trinajstić information content (AvgIpc) is 3.38. The van der Waals surface area contributed by atoms with Crippen LogP contribution in [0.4, 0.5) is 0 Å². The number of unbranched alkanes of at least 4 members (excludes halogenated alkanes) is 1. The first-order valence-corrected chi connectivity index (χ1v) is 13.5. The fraction of sp³-hybridized carbons (Fsp3) is 0.708. The fourth-order valence-corrected chi connectivity index (χ4v) is 9.28. The molecule has 2 bridgehead atoms. The number of fused-ring (bicyclic) bond motifs is 1. The summed E-state index contributed by atoms with van der Waals surface area (Å²) < 4.78 is -0.697. The number of aliphatic hydroxyl groups is 1. The van der Waals surface area contributed by atoms with Crippen molar-refractivity contribution in [3.8, 4) is 0 Å². The Labute approximate surface area is 209 Å². The van der Waals surface area contributed by atoms with Crippen LogP contribution in [0.5, 0.6) is 0 Å². The molecular weight excluding hydrogens is 506 g/mol. The zero-order valence-corrected chi connectivity index (χ0v) is 22.2. The first-order chi connectivity index (χ1) is 15.7. The molecule has 7 atom stereocenters. The molecule has 0 radical (unpaired) electrons. The van der Waals surface area contributed by atoms with Crippen LogP contribution in [0.25, 0.3) is 0 Å². The van der Waals surface area contributed by atoms with Crippen molar-refractivity contribution in [2.45, 2.75) is 60.0 Å². The first kappa shape index (κ1) is 26.3. The van der Waals surface area contributed by atoms with E-state index in [0.717, 1.165) is 12.8 Å². The van der Waals surface area contributed by atoms with Crippen molar-refractivity contribution < 1.29 is 19.5 Å². The molecule has 3 fully saturated rings. The third-order valence-corrected chi connectivity index (χ3v) is 10.4. The van der Waals surface area contributed by atoms with Gasteiger partial charge in [-0.25, -0.2) is 0 Å². The molecule has 0 aliphatic carbocycles. The minimum atomic E-state index is -0.716. The summed E-state index contributed by atoms with van der Waals surface area (Å²) in [5, 5.41) is 9.89. The second kappa shape index (κ2) is 10.5. The molecule has 3 saturated heterocycles. The molecule has 33 heavy (non-hydrogen) atoms. The highest BCUT2D eigenvalue weighted by Crippen LogP contribution is 2.68. The molecule has 3 aliphatic heterocycles. The normalized spacial score (nSPS) is 33.1. The highest BCUT2D eigenvalue weighted by Gasteiger charge is 2.76. The zero-order valence-electron chi connectivity index (χ0n) is 19.8. The summed E-state index contributed by atoms with van der Waals surface area (Å²) in [6.45, 7) is 12.5. The molecule has 7 nitrogen and oxygen atoms in total. The molecule has 0 aromatic heterocycles. The predicted molar refractivity (Wildman–Crippen MR) is 135 cm³/mol. The highest BCUT2D eigenvalue weighted by molar-refractivity contribution is 9.09. The number of rotatable bonds is 11. The van der Waals surface area contributed by atoms with Crippen LogP contribution in [-0.4, -0.2) is 97.7 Å². The Morgan fingerprint density at radius 1 is 1.33 bits per heavy atom. The molecule has 0 aromatic rings. The molecule has 184 valence electrons. The van der Waals surface area contributed by atoms with Crippen LogP contribution in [0.2, 0.25) is 0 Å². The topological polar surface area (TPSA) is 81.2 Å². The molecule has 3 heterocycles. The third-order valence-electron chi connectivity index (χ3n) is 7.21. The molecule has 3 amide bonds. The minimum absolute atomic E-state index is 0.0285. The lowest BCUT2D eigenvalue weighted by Crippen LogP contribution is -2.57. The van der Waals surface area contributed by atoms with Crippen LogP contribution in [0.3, 0.4) is 0 Å². The maximum atomic E-state index is 14.0. The number of nitrogens with zero attached hydrogens (tertiary/aromatic N) is 3. The van der Waals surface area contributed by atoms with Crippen molar-refractivity contribution in [3.05, 3.63) is 25.3 Å². The summed E-state index contributed by atoms with van der Waals surface area (Å²) >= 11 is 5.39. The maximum Gasteiger partial charge on any atom is 0.247 e. The van der Waals surface area contributed by atoms with Crippen molar-refractivity contribution in [3.63, 3.8) is 0 Å². The highest BCUT2D eigenvalue weighted by atomic mass is 79.9. The van der Waals surface area contributed by atoms with Crippen molar-refractivity contribution in [1.29, 1.82) is 0 Å². The Morgan fingerprint density at radius 2 is 2.00 bits per heavy atom. The summed E-state index contributed by atoms with van der Waals surface area (Å²) in [4.78, 5) is 46.4. The molecule has 3 aliphatic rings. The quantitative estimate of drug-likeness (QED) is 0.320. The molecular formula is C24H36BrN3O4S. The average molecular weight is 543 g/mol. The molecule has 9 heteroatoms. The zero-order chi connectivity index (χ0) is 24.5. The van der Waals surface area contributed by atoms with Crippen LogP contribution in [0, 0.1) is 11.8 Å². The van der Waals surface area contributed by atoms with E-state index in [-0.39, 0.29) is 34.4 Å². The van der Waals surface area contributed by atoms with Gasteiger partial charge in [0.05, 0.1) is 29.2 Å². The number of carbonyl (C=O) groups excluding carboxylic acids is 3. The smallest absolute Gasteiger partial charge is 0.247 e. The Morgan fingerprint density at radius 3 is 2.58 bits per heavy atom. The molecule has 3 rings (SSSR count). The van der Waals surface area contributed by atoms with Gasteiger partial charge in [0.15, 0.2) is 0 Å². The van der Waals surface area contributed by atoms with Crippen molar-refractivity contribution in [2.75, 3.05) is 33.3 Å². The van der Waals surface area contributed by atoms with Gasteiger partial charge in [-0.05, 0) is 19.8 Å². The fourth-order valence-electron chi connectivity index (χ4n) is 5.70. The number of carbonyl (C=O) groups is 3. The van der Waals surface area contributed by atoms with E-state index in [1.54, 1.807) is 52.6 Å². The number of hydrogen-bond donors (Lipinski definition) is 1. The van der Waals surface area contributed by atoms with Crippen LogP contribution in [0.1, 0.15) is 33.1 Å². The standard InChI is InChI=1S/C24H36BrN3O4S/c1-6-9-12-27(11-8-3)23(32)20-24-13-16(25)19(33-24)17(21(30)26(5)10-7-2)18(24)22(31)28(20)15(4)14-29/h7-8,15-20,29H,2-3,6,9-14H2,1,4-5H3/t15-,16?,17-,18+,19-,20?,24?/m1/s1. The number of amides is 3. The third kappa shape index (κ3) is 4.29. The van der Waals surface area contributed by atoms with Gasteiger partial charge in [-0.2, -0.15) is 0 Å². The SMILES string of the molecule is C=CCN(C)C(=O)[C@H]1[C@@H]2SC3(CC2Br)C(C(=O)N(CC=C)CCCC)N([C@H](C)CO)C(=O)[C@H]13. The number of halogens is 1. The molecule has 0 saturated carbocycles. The van der Waals surface area contributed by atoms with E-state index in [9.17, 15) is 19.5 Å². The molecule has 0 aromatic carbocycles. The minimum Gasteiger partial charge on any atom is -0.394 e. The molecule has 3 unspecified atom stereocenters. The Bertz CT molecular complexity index is 811. The van der Waals surface area contributed by atoms with E-state index >= 15 is 0 Å². The van der Waals surface area contributed by atoms with Gasteiger partial charge in [0.1, 0.15) is 6.04 Å². The Hall–Kier alpha value is -1.32. The number of thioether (sulfide) groups is 1. The number of alkyl halides is 1. The van der Waals surface area contributed by atoms with Gasteiger partial charge >= 0.3 is 0 Å². The van der Waals surface area contributed by atoms with E-state index in [1.807, 2.05) is 0 Å². The van der Waals surface area contributed by atoms with Crippen molar-refractivity contribution in [2.24, 2.45) is 11.8 Å². The van der Waals surface area contributed by atoms with E-state index in [1.165, 1.54) is 0 Å². The Balaban J connectivity index is 2.07. The number of likely N-dealkylation sites (tertiary alicyclic amines) is 1. The number of hydrogen-bond acceptors (Lipinski definition) is 5. The summed E-state index contributed by atoms with van der Waals surface area (Å²) in [6, 6.07) is -1.23. The van der Waals surface area contributed by atoms with Crippen LogP contribution in [-0.2, 0) is 14.4 Å². The number of aliphatic hydroxyl groups excluding tert-OH is 1. The lowest BCUT2D eigenvalue weighted by molar-refractivity contribution is -0.146. The summed E-state index contributed by atoms with van der Waals surface area (Å²) in [6.07, 6.45) is 5.82. The van der Waals surface area contributed by atoms with Gasteiger partial charge in [-0.15, -0.1) is 24.9 Å². The molecule has 1 N–H and O–H groups in total. The number of likely N-dealkylation sites (N-methyl/N-ethyl adjacent to an activating group) is 1. The van der Waals surface area contributed by atoms with Gasteiger partial charge in [0, 0.05) is 36.8 Å². The van der Waals surface area contributed by atoms with Gasteiger partial charge in [-0.3, -0.25) is 14.4 Å².